The van der Waals surface area contributed by atoms with Gasteiger partial charge >= 0.3 is 0 Å². The number of furan rings is 1. The lowest BCUT2D eigenvalue weighted by atomic mass is 9.99. The van der Waals surface area contributed by atoms with E-state index in [1.807, 2.05) is 11.8 Å². The van der Waals surface area contributed by atoms with Crippen molar-refractivity contribution in [1.29, 1.82) is 0 Å². The van der Waals surface area contributed by atoms with Crippen molar-refractivity contribution in [2.24, 2.45) is 5.73 Å². The maximum atomic E-state index is 12.0. The highest BCUT2D eigenvalue weighted by molar-refractivity contribution is 5.91. The topological polar surface area (TPSA) is 59.5 Å². The quantitative estimate of drug-likeness (QED) is 0.755. The Morgan fingerprint density at radius 3 is 3.07 bits per heavy atom. The Morgan fingerprint density at radius 2 is 2.47 bits per heavy atom. The van der Waals surface area contributed by atoms with E-state index in [9.17, 15) is 4.79 Å². The number of piperidine rings is 1. The van der Waals surface area contributed by atoms with Crippen LogP contribution in [-0.4, -0.2) is 29.4 Å². The van der Waals surface area contributed by atoms with Crippen molar-refractivity contribution in [3.8, 4) is 0 Å². The predicted octanol–water partition coefficient (Wildman–Crippen LogP) is 1.23. The largest absolute Gasteiger partial charge is 0.459 e. The molecule has 1 aliphatic rings. The van der Waals surface area contributed by atoms with Crippen molar-refractivity contribution in [3.63, 3.8) is 0 Å². The Balaban J connectivity index is 2.08. The van der Waals surface area contributed by atoms with Crippen LogP contribution in [0, 0.1) is 0 Å². The zero-order chi connectivity index (χ0) is 10.8. The van der Waals surface area contributed by atoms with Gasteiger partial charge in [-0.2, -0.15) is 0 Å². The summed E-state index contributed by atoms with van der Waals surface area (Å²) in [6.07, 6.45) is 3.26. The summed E-state index contributed by atoms with van der Waals surface area (Å²) in [6, 6.07) is 3.85. The first kappa shape index (κ1) is 10.2. The van der Waals surface area contributed by atoms with Gasteiger partial charge in [-0.25, -0.2) is 0 Å². The fourth-order valence-corrected chi connectivity index (χ4v) is 2.05. The summed E-state index contributed by atoms with van der Waals surface area (Å²) in [5, 5.41) is 0. The molecular weight excluding hydrogens is 192 g/mol. The van der Waals surface area contributed by atoms with Gasteiger partial charge in [0.05, 0.1) is 6.26 Å². The predicted molar refractivity (Wildman–Crippen MR) is 56.4 cm³/mol. The van der Waals surface area contributed by atoms with E-state index in [2.05, 4.69) is 0 Å². The molecule has 2 unspecified atom stereocenters. The first-order valence-corrected chi connectivity index (χ1v) is 5.28. The molecule has 2 N–H and O–H groups in total. The molecule has 1 aromatic heterocycles. The molecule has 4 heteroatoms. The van der Waals surface area contributed by atoms with Crippen molar-refractivity contribution >= 4 is 5.91 Å². The Morgan fingerprint density at radius 1 is 1.67 bits per heavy atom. The lowest BCUT2D eigenvalue weighted by molar-refractivity contribution is 0.0586. The summed E-state index contributed by atoms with van der Waals surface area (Å²) < 4.78 is 5.10. The average Bonchev–Trinajstić information content (AvgIpc) is 2.69. The molecule has 82 valence electrons. The molecule has 0 radical (unpaired) electrons. The van der Waals surface area contributed by atoms with Crippen molar-refractivity contribution in [2.75, 3.05) is 6.54 Å². The lowest BCUT2D eigenvalue weighted by Gasteiger charge is -2.35. The van der Waals surface area contributed by atoms with Crippen LogP contribution in [0.25, 0.3) is 0 Å². The van der Waals surface area contributed by atoms with Crippen molar-refractivity contribution in [2.45, 2.75) is 31.8 Å². The van der Waals surface area contributed by atoms with Gasteiger partial charge in [-0.15, -0.1) is 0 Å². The molecule has 2 heterocycles. The van der Waals surface area contributed by atoms with Crippen LogP contribution in [-0.2, 0) is 0 Å². The highest BCUT2D eigenvalue weighted by atomic mass is 16.3. The molecular formula is C11H16N2O2. The molecule has 1 saturated heterocycles. The lowest BCUT2D eigenvalue weighted by Crippen LogP contribution is -2.48. The van der Waals surface area contributed by atoms with E-state index in [-0.39, 0.29) is 18.0 Å². The van der Waals surface area contributed by atoms with E-state index in [1.165, 1.54) is 6.26 Å². The Labute approximate surface area is 89.0 Å². The second kappa shape index (κ2) is 4.06. The van der Waals surface area contributed by atoms with Gasteiger partial charge in [-0.3, -0.25) is 4.79 Å². The van der Waals surface area contributed by atoms with Gasteiger partial charge in [0.2, 0.25) is 0 Å². The Bertz CT molecular complexity index is 334. The van der Waals surface area contributed by atoms with Gasteiger partial charge in [0.1, 0.15) is 0 Å². The van der Waals surface area contributed by atoms with Crippen LogP contribution in [0.2, 0.25) is 0 Å². The fraction of sp³-hybridized carbons (Fsp3) is 0.545. The minimum Gasteiger partial charge on any atom is -0.459 e. The third-order valence-electron chi connectivity index (χ3n) is 2.91. The molecule has 1 aliphatic heterocycles. The van der Waals surface area contributed by atoms with E-state index in [0.717, 1.165) is 19.4 Å². The van der Waals surface area contributed by atoms with E-state index in [0.29, 0.717) is 5.76 Å². The smallest absolute Gasteiger partial charge is 0.289 e. The summed E-state index contributed by atoms with van der Waals surface area (Å²) >= 11 is 0. The number of nitrogens with zero attached hydrogens (tertiary/aromatic N) is 1. The normalized spacial score (nSPS) is 26.7. The van der Waals surface area contributed by atoms with Crippen LogP contribution < -0.4 is 5.73 Å². The number of rotatable bonds is 1. The molecule has 0 spiro atoms. The van der Waals surface area contributed by atoms with E-state index in [4.69, 9.17) is 10.2 Å². The van der Waals surface area contributed by atoms with Gasteiger partial charge in [0.25, 0.3) is 5.91 Å². The minimum atomic E-state index is -0.0283. The number of likely N-dealkylation sites (tertiary alicyclic amines) is 1. The van der Waals surface area contributed by atoms with Gasteiger partial charge in [0.15, 0.2) is 5.76 Å². The second-order valence-electron chi connectivity index (χ2n) is 4.11. The molecule has 0 aromatic carbocycles. The molecule has 1 fully saturated rings. The van der Waals surface area contributed by atoms with Crippen molar-refractivity contribution < 1.29 is 9.21 Å². The second-order valence-corrected chi connectivity index (χ2v) is 4.11. The number of hydrogen-bond donors (Lipinski definition) is 1. The number of nitrogens with two attached hydrogens (primary N) is 1. The van der Waals surface area contributed by atoms with E-state index >= 15 is 0 Å². The van der Waals surface area contributed by atoms with Gasteiger partial charge < -0.3 is 15.1 Å². The first-order valence-electron chi connectivity index (χ1n) is 5.28. The van der Waals surface area contributed by atoms with Crippen molar-refractivity contribution in [1.82, 2.24) is 4.90 Å². The van der Waals surface area contributed by atoms with Crippen LogP contribution >= 0.6 is 0 Å². The third kappa shape index (κ3) is 2.04. The summed E-state index contributed by atoms with van der Waals surface area (Å²) in [7, 11) is 0. The van der Waals surface area contributed by atoms with Crippen LogP contribution in [0.4, 0.5) is 0 Å². The maximum absolute atomic E-state index is 12.0. The summed E-state index contributed by atoms with van der Waals surface area (Å²) in [5.74, 6) is 0.386. The highest BCUT2D eigenvalue weighted by Gasteiger charge is 2.28. The zero-order valence-electron chi connectivity index (χ0n) is 8.85. The van der Waals surface area contributed by atoms with Crippen LogP contribution in [0.3, 0.4) is 0 Å². The van der Waals surface area contributed by atoms with E-state index in [1.54, 1.807) is 12.1 Å². The molecule has 15 heavy (non-hydrogen) atoms. The average molecular weight is 208 g/mol. The number of amides is 1. The van der Waals surface area contributed by atoms with Crippen LogP contribution in [0.5, 0.6) is 0 Å². The molecule has 1 amide bonds. The molecule has 0 bridgehead atoms. The molecule has 0 saturated carbocycles. The van der Waals surface area contributed by atoms with Gasteiger partial charge in [-0.05, 0) is 31.9 Å². The van der Waals surface area contributed by atoms with Crippen molar-refractivity contribution in [3.05, 3.63) is 24.2 Å². The van der Waals surface area contributed by atoms with Gasteiger partial charge in [0, 0.05) is 18.6 Å². The van der Waals surface area contributed by atoms with Gasteiger partial charge in [-0.1, -0.05) is 0 Å². The molecule has 2 rings (SSSR count). The molecule has 4 nitrogen and oxygen atoms in total. The minimum absolute atomic E-state index is 0.0283. The standard InChI is InChI=1S/C11H16N2O2/c1-8-7-9(12)4-5-13(8)11(14)10-3-2-6-15-10/h2-3,6,8-9H,4-5,7,12H2,1H3. The first-order chi connectivity index (χ1) is 7.18. The summed E-state index contributed by atoms with van der Waals surface area (Å²) in [6.45, 7) is 2.75. The number of carbonyl (C=O) groups is 1. The molecule has 1 aromatic rings. The fourth-order valence-electron chi connectivity index (χ4n) is 2.05. The summed E-state index contributed by atoms with van der Waals surface area (Å²) in [5.41, 5.74) is 5.84. The Kier molecular flexibility index (Phi) is 2.77. The monoisotopic (exact) mass is 208 g/mol. The van der Waals surface area contributed by atoms with Crippen LogP contribution in [0.1, 0.15) is 30.3 Å². The SMILES string of the molecule is CC1CC(N)CCN1C(=O)c1ccco1. The Hall–Kier alpha value is -1.29. The van der Waals surface area contributed by atoms with E-state index < -0.39 is 0 Å². The number of carbonyl (C=O) groups excluding carboxylic acids is 1. The summed E-state index contributed by atoms with van der Waals surface area (Å²) in [4.78, 5) is 13.8. The number of hydrogen-bond acceptors (Lipinski definition) is 3. The zero-order valence-corrected chi connectivity index (χ0v) is 8.85. The highest BCUT2D eigenvalue weighted by Crippen LogP contribution is 2.18. The van der Waals surface area contributed by atoms with Crippen LogP contribution in [0.15, 0.2) is 22.8 Å². The third-order valence-corrected chi connectivity index (χ3v) is 2.91. The molecule has 0 aliphatic carbocycles. The molecule has 2 atom stereocenters. The maximum Gasteiger partial charge on any atom is 0.289 e.